The van der Waals surface area contributed by atoms with Gasteiger partial charge in [-0.15, -0.1) is 15.3 Å². The van der Waals surface area contributed by atoms with Crippen LogP contribution < -0.4 is 23.6 Å². The molecule has 8 rings (SSSR count). The van der Waals surface area contributed by atoms with E-state index in [4.69, 9.17) is 60.9 Å². The molecule has 0 saturated carbocycles. The highest BCUT2D eigenvalue weighted by Crippen LogP contribution is 2.11. The highest BCUT2D eigenvalue weighted by atomic mass is 32.2. The minimum atomic E-state index is -2.35. The summed E-state index contributed by atoms with van der Waals surface area (Å²) in [6.07, 6.45) is -5.54. The number of para-hydroxylation sites is 5. The molecule has 0 aliphatic rings. The number of aromatic nitrogens is 12. The molecule has 0 amide bonds. The summed E-state index contributed by atoms with van der Waals surface area (Å²) in [5.41, 5.74) is 3.68. The van der Waals surface area contributed by atoms with Gasteiger partial charge in [-0.1, -0.05) is 63.1 Å². The van der Waals surface area contributed by atoms with Crippen LogP contribution in [-0.4, -0.2) is 144 Å². The second-order valence-corrected chi connectivity index (χ2v) is 13.8. The molecule has 29 nitrogen and oxygen atoms in total. The Morgan fingerprint density at radius 2 is 0.955 bits per heavy atom. The van der Waals surface area contributed by atoms with Gasteiger partial charge in [0.25, 0.3) is 11.0 Å². The number of hydrogen-bond donors (Lipinski definition) is 1. The molecule has 0 aliphatic carbocycles. The summed E-state index contributed by atoms with van der Waals surface area (Å²) < 4.78 is 66.1. The van der Waals surface area contributed by atoms with Crippen molar-refractivity contribution in [1.82, 2.24) is 55.8 Å². The Labute approximate surface area is 376 Å². The molecular formula is C37H35N12O17S+. The van der Waals surface area contributed by atoms with Crippen LogP contribution in [0, 0.1) is 0 Å². The fourth-order valence-electron chi connectivity index (χ4n) is 5.56. The van der Waals surface area contributed by atoms with Gasteiger partial charge in [0.05, 0.1) is 31.3 Å². The van der Waals surface area contributed by atoms with E-state index in [2.05, 4.69) is 41.2 Å². The molecule has 0 spiro atoms. The van der Waals surface area contributed by atoms with Crippen molar-refractivity contribution in [2.45, 2.75) is 12.2 Å². The molecule has 8 aromatic rings. The van der Waals surface area contributed by atoms with Gasteiger partial charge in [-0.2, -0.15) is 8.49 Å². The monoisotopic (exact) mass is 951 g/mol. The predicted molar refractivity (Wildman–Crippen MR) is 216 cm³/mol. The van der Waals surface area contributed by atoms with Gasteiger partial charge < -0.3 is 37.9 Å². The molecule has 4 aromatic heterocycles. The SMILES string of the molecule is O=C(OCOCC(COCC(COCOS(=O)O[n+]1[nH]nc2ccccc21)OCOC(=O)On1nnc2ccccc21)OCOC(=O)On1nnc2ccccc21)On1nnc2ccccc21. The smallest absolute Gasteiger partial charge is 0.405 e. The molecule has 0 radical (unpaired) electrons. The maximum atomic E-state index is 12.5. The number of carbonyl (C=O) groups is 3. The number of nitrogens with zero attached hydrogens (tertiary/aromatic N) is 11. The number of fused-ring (bicyclic) bond motifs is 4. The number of hydrogen-bond acceptors (Lipinski definition) is 24. The predicted octanol–water partition coefficient (Wildman–Crippen LogP) is 0.555. The average molecular weight is 952 g/mol. The minimum absolute atomic E-state index is 0.265. The molecule has 4 aromatic carbocycles. The zero-order valence-electron chi connectivity index (χ0n) is 34.3. The molecule has 0 bridgehead atoms. The summed E-state index contributed by atoms with van der Waals surface area (Å²) in [7, 11) is 0. The van der Waals surface area contributed by atoms with Gasteiger partial charge >= 0.3 is 29.8 Å². The van der Waals surface area contributed by atoms with Crippen LogP contribution >= 0.6 is 0 Å². The second-order valence-electron chi connectivity index (χ2n) is 13.0. The van der Waals surface area contributed by atoms with Crippen molar-refractivity contribution in [2.24, 2.45) is 0 Å². The lowest BCUT2D eigenvalue weighted by Crippen LogP contribution is -2.46. The third-order valence-corrected chi connectivity index (χ3v) is 9.17. The zero-order chi connectivity index (χ0) is 46.2. The Kier molecular flexibility index (Phi) is 15.5. The Morgan fingerprint density at radius 3 is 1.46 bits per heavy atom. The average Bonchev–Trinajstić information content (AvgIpc) is 4.15. The van der Waals surface area contributed by atoms with Crippen LogP contribution in [0.25, 0.3) is 44.1 Å². The molecular weight excluding hydrogens is 917 g/mol. The highest BCUT2D eigenvalue weighted by Gasteiger charge is 2.21. The molecule has 30 heteroatoms. The number of aromatic amines is 1. The summed E-state index contributed by atoms with van der Waals surface area (Å²) in [4.78, 5) is 56.3. The standard InChI is InChI=1S/C37H34N12O17S/c50-35(63-46-31-13-5-1-9-27(31)38-42-46)59-21-55-19-25(57-23-60-36(51)64-47-32-14-6-2-10-28(32)39-43-47)17-54-18-26(58-24-61-37(52)65-48-33-15-7-3-11-29(33)40-44-48)20-56-22-62-67(53)66-49-34-16-8-4-12-30(34)41-45-49/h1-16,25-26H,17-24H2/p+1. The van der Waals surface area contributed by atoms with Crippen LogP contribution in [0.4, 0.5) is 14.4 Å². The van der Waals surface area contributed by atoms with E-state index in [1.807, 2.05) is 0 Å². The van der Waals surface area contributed by atoms with Crippen molar-refractivity contribution >= 4 is 74.0 Å². The van der Waals surface area contributed by atoms with Gasteiger partial charge in [0.2, 0.25) is 0 Å². The number of rotatable bonds is 24. The van der Waals surface area contributed by atoms with Crippen LogP contribution in [0.2, 0.25) is 0 Å². The topological polar surface area (TPSA) is 313 Å². The lowest BCUT2D eigenvalue weighted by atomic mass is 10.3. The van der Waals surface area contributed by atoms with E-state index in [0.29, 0.717) is 44.1 Å². The Hall–Kier alpha value is -8.00. The van der Waals surface area contributed by atoms with Crippen molar-refractivity contribution in [3.05, 3.63) is 97.1 Å². The first-order valence-corrected chi connectivity index (χ1v) is 20.4. The third-order valence-electron chi connectivity index (χ3n) is 8.61. The molecule has 350 valence electrons. The molecule has 0 aliphatic heterocycles. The van der Waals surface area contributed by atoms with Crippen molar-refractivity contribution in [3.63, 3.8) is 0 Å². The van der Waals surface area contributed by atoms with E-state index in [1.165, 1.54) is 0 Å². The molecule has 3 atom stereocenters. The maximum Gasteiger partial charge on any atom is 0.537 e. The Bertz CT molecular complexity index is 2740. The van der Waals surface area contributed by atoms with Crippen LogP contribution in [0.3, 0.4) is 0 Å². The number of carbonyl (C=O) groups excluding carboxylic acids is 3. The quantitative estimate of drug-likeness (QED) is 0.0216. The maximum absolute atomic E-state index is 12.5. The van der Waals surface area contributed by atoms with Crippen molar-refractivity contribution in [2.75, 3.05) is 53.6 Å². The fraction of sp³-hybridized carbons (Fsp3) is 0.270. The van der Waals surface area contributed by atoms with Gasteiger partial charge in [0, 0.05) is 5.10 Å². The van der Waals surface area contributed by atoms with Crippen molar-refractivity contribution in [1.29, 1.82) is 0 Å². The normalized spacial score (nSPS) is 12.8. The number of nitrogens with one attached hydrogen (secondary N) is 1. The summed E-state index contributed by atoms with van der Waals surface area (Å²) in [6, 6.07) is 27.1. The fourth-order valence-corrected chi connectivity index (χ4v) is 5.98. The summed E-state index contributed by atoms with van der Waals surface area (Å²) in [5, 5.41) is 29.5. The summed E-state index contributed by atoms with van der Waals surface area (Å²) in [5.74, 6) is 0. The molecule has 67 heavy (non-hydrogen) atoms. The molecule has 1 N–H and O–H groups in total. The zero-order valence-corrected chi connectivity index (χ0v) is 35.1. The van der Waals surface area contributed by atoms with Crippen LogP contribution in [0.15, 0.2) is 97.1 Å². The van der Waals surface area contributed by atoms with Crippen molar-refractivity contribution < 1.29 is 84.3 Å². The molecule has 3 unspecified atom stereocenters. The second kappa shape index (κ2) is 22.8. The summed E-state index contributed by atoms with van der Waals surface area (Å²) in [6.45, 7) is -3.64. The van der Waals surface area contributed by atoms with Crippen LogP contribution in [0.1, 0.15) is 0 Å². The van der Waals surface area contributed by atoms with Gasteiger partial charge in [-0.3, -0.25) is 14.5 Å². The number of H-pyrrole nitrogens is 1. The van der Waals surface area contributed by atoms with E-state index in [9.17, 15) is 18.6 Å². The van der Waals surface area contributed by atoms with Gasteiger partial charge in [-0.25, -0.2) is 18.6 Å². The number of ether oxygens (including phenoxy) is 8. The Morgan fingerprint density at radius 1 is 0.537 bits per heavy atom. The molecule has 4 heterocycles. The Balaban J connectivity index is 0.838. The lowest BCUT2D eigenvalue weighted by Gasteiger charge is -2.21. The lowest BCUT2D eigenvalue weighted by molar-refractivity contribution is -0.883. The number of benzene rings is 4. The highest BCUT2D eigenvalue weighted by molar-refractivity contribution is 7.75. The van der Waals surface area contributed by atoms with Gasteiger partial charge in [-0.05, 0) is 69.4 Å². The first-order valence-electron chi connectivity index (χ1n) is 19.4. The van der Waals surface area contributed by atoms with Gasteiger partial charge in [0.1, 0.15) is 45.3 Å². The largest absolute Gasteiger partial charge is 0.537 e. The van der Waals surface area contributed by atoms with Gasteiger partial charge in [0.15, 0.2) is 27.2 Å². The van der Waals surface area contributed by atoms with Crippen LogP contribution in [0.5, 0.6) is 0 Å². The van der Waals surface area contributed by atoms with E-state index in [0.717, 1.165) is 19.4 Å². The van der Waals surface area contributed by atoms with E-state index >= 15 is 0 Å². The van der Waals surface area contributed by atoms with E-state index in [-0.39, 0.29) is 26.4 Å². The first kappa shape index (κ1) is 45.6. The molecule has 0 fully saturated rings. The molecule has 0 saturated heterocycles. The van der Waals surface area contributed by atoms with Crippen LogP contribution in [-0.2, 0) is 53.4 Å². The third kappa shape index (κ3) is 12.6. The summed E-state index contributed by atoms with van der Waals surface area (Å²) >= 11 is -2.35. The van der Waals surface area contributed by atoms with E-state index < -0.39 is 69.2 Å². The van der Waals surface area contributed by atoms with Crippen molar-refractivity contribution in [3.8, 4) is 0 Å². The van der Waals surface area contributed by atoms with E-state index in [1.54, 1.807) is 97.1 Å². The first-order chi connectivity index (χ1) is 32.9. The minimum Gasteiger partial charge on any atom is -0.405 e.